The Morgan fingerprint density at radius 1 is 1.58 bits per heavy atom. The van der Waals surface area contributed by atoms with Gasteiger partial charge in [0.1, 0.15) is 5.00 Å². The van der Waals surface area contributed by atoms with E-state index in [-0.39, 0.29) is 5.91 Å². The van der Waals surface area contributed by atoms with E-state index in [9.17, 15) is 4.79 Å². The largest absolute Gasteiger partial charge is 0.316 e. The molecule has 0 spiro atoms. The zero-order valence-electron chi connectivity index (χ0n) is 7.84. The summed E-state index contributed by atoms with van der Waals surface area (Å²) in [7, 11) is 0. The van der Waals surface area contributed by atoms with Crippen LogP contribution in [0.25, 0.3) is 0 Å². The first-order valence-corrected chi connectivity index (χ1v) is 4.76. The molecule has 0 saturated heterocycles. The average Bonchev–Trinajstić information content (AvgIpc) is 2.40. The van der Waals surface area contributed by atoms with Crippen LogP contribution in [0.3, 0.4) is 0 Å². The van der Waals surface area contributed by atoms with Crippen LogP contribution in [-0.4, -0.2) is 10.9 Å². The second-order valence-electron chi connectivity index (χ2n) is 1.95. The second kappa shape index (κ2) is 5.71. The van der Waals surface area contributed by atoms with Crippen LogP contribution >= 0.6 is 11.3 Å². The standard InChI is InChI=1S/C6H8N2OS.C2H6/c1-4-6(8-5(2)9)10-3-7-4;1-2/h3H,1-2H3,(H,8,9);1-2H3. The van der Waals surface area contributed by atoms with Gasteiger partial charge in [0, 0.05) is 6.92 Å². The highest BCUT2D eigenvalue weighted by Gasteiger charge is 2.00. The first kappa shape index (κ1) is 11.1. The Hall–Kier alpha value is -0.900. The molecule has 1 rings (SSSR count). The predicted octanol–water partition coefficient (Wildman–Crippen LogP) is 2.44. The van der Waals surface area contributed by atoms with Gasteiger partial charge in [0.2, 0.25) is 5.91 Å². The van der Waals surface area contributed by atoms with E-state index >= 15 is 0 Å². The van der Waals surface area contributed by atoms with Crippen molar-refractivity contribution in [2.24, 2.45) is 0 Å². The van der Waals surface area contributed by atoms with Gasteiger partial charge in [-0.3, -0.25) is 4.79 Å². The Balaban J connectivity index is 0.000000561. The van der Waals surface area contributed by atoms with E-state index in [0.717, 1.165) is 10.7 Å². The molecule has 1 aromatic heterocycles. The molecule has 0 unspecified atom stereocenters. The number of nitrogens with one attached hydrogen (secondary N) is 1. The van der Waals surface area contributed by atoms with Gasteiger partial charge in [0.25, 0.3) is 0 Å². The van der Waals surface area contributed by atoms with E-state index in [1.807, 2.05) is 20.8 Å². The molecule has 4 heteroatoms. The molecule has 0 saturated carbocycles. The first-order chi connectivity index (χ1) is 5.70. The molecule has 1 aromatic rings. The van der Waals surface area contributed by atoms with Gasteiger partial charge >= 0.3 is 0 Å². The molecule has 1 heterocycles. The number of aromatic nitrogens is 1. The molecular formula is C8H14N2OS. The predicted molar refractivity (Wildman–Crippen MR) is 52.5 cm³/mol. The number of amides is 1. The molecule has 12 heavy (non-hydrogen) atoms. The van der Waals surface area contributed by atoms with Crippen LogP contribution in [0, 0.1) is 6.92 Å². The number of carbonyl (C=O) groups is 1. The van der Waals surface area contributed by atoms with Gasteiger partial charge in [-0.2, -0.15) is 0 Å². The van der Waals surface area contributed by atoms with E-state index in [2.05, 4.69) is 10.3 Å². The number of anilines is 1. The smallest absolute Gasteiger partial charge is 0.221 e. The summed E-state index contributed by atoms with van der Waals surface area (Å²) >= 11 is 1.43. The molecule has 0 aromatic carbocycles. The van der Waals surface area contributed by atoms with Crippen LogP contribution in [0.5, 0.6) is 0 Å². The van der Waals surface area contributed by atoms with E-state index < -0.39 is 0 Å². The van der Waals surface area contributed by atoms with Crippen molar-refractivity contribution in [3.05, 3.63) is 11.2 Å². The summed E-state index contributed by atoms with van der Waals surface area (Å²) in [5.74, 6) is -0.0487. The second-order valence-corrected chi connectivity index (χ2v) is 2.80. The first-order valence-electron chi connectivity index (χ1n) is 3.88. The van der Waals surface area contributed by atoms with Crippen LogP contribution in [0.1, 0.15) is 26.5 Å². The third-order valence-corrected chi connectivity index (χ3v) is 1.88. The lowest BCUT2D eigenvalue weighted by atomic mass is 10.5. The maximum absolute atomic E-state index is 10.5. The normalized spacial score (nSPS) is 8.33. The van der Waals surface area contributed by atoms with Crippen molar-refractivity contribution in [2.75, 3.05) is 5.32 Å². The minimum absolute atomic E-state index is 0.0487. The molecule has 0 aliphatic heterocycles. The minimum atomic E-state index is -0.0487. The van der Waals surface area contributed by atoms with Gasteiger partial charge in [-0.05, 0) is 6.92 Å². The summed E-state index contributed by atoms with van der Waals surface area (Å²) in [6.45, 7) is 7.35. The quantitative estimate of drug-likeness (QED) is 0.732. The third kappa shape index (κ3) is 3.48. The fourth-order valence-electron chi connectivity index (χ4n) is 0.582. The molecule has 0 aliphatic carbocycles. The van der Waals surface area contributed by atoms with Crippen LogP contribution in [0.2, 0.25) is 0 Å². The highest BCUT2D eigenvalue weighted by Crippen LogP contribution is 2.17. The molecular weight excluding hydrogens is 172 g/mol. The van der Waals surface area contributed by atoms with Gasteiger partial charge in [-0.25, -0.2) is 4.98 Å². The Labute approximate surface area is 76.8 Å². The van der Waals surface area contributed by atoms with Gasteiger partial charge in [0.15, 0.2) is 0 Å². The summed E-state index contributed by atoms with van der Waals surface area (Å²) in [5, 5.41) is 3.51. The van der Waals surface area contributed by atoms with Crippen molar-refractivity contribution < 1.29 is 4.79 Å². The van der Waals surface area contributed by atoms with E-state index in [1.165, 1.54) is 18.3 Å². The fraction of sp³-hybridized carbons (Fsp3) is 0.500. The summed E-state index contributed by atoms with van der Waals surface area (Å²) in [6, 6.07) is 0. The molecule has 0 atom stereocenters. The topological polar surface area (TPSA) is 42.0 Å². The SMILES string of the molecule is CC.CC(=O)Nc1scnc1C. The van der Waals surface area contributed by atoms with Crippen LogP contribution in [0.4, 0.5) is 5.00 Å². The lowest BCUT2D eigenvalue weighted by Gasteiger charge is -1.95. The number of thiazole rings is 1. The molecule has 0 radical (unpaired) electrons. The Kier molecular flexibility index (Phi) is 5.28. The van der Waals surface area contributed by atoms with E-state index in [0.29, 0.717) is 0 Å². The van der Waals surface area contributed by atoms with Gasteiger partial charge < -0.3 is 5.32 Å². The zero-order valence-corrected chi connectivity index (χ0v) is 8.66. The van der Waals surface area contributed by atoms with Gasteiger partial charge in [0.05, 0.1) is 11.2 Å². The minimum Gasteiger partial charge on any atom is -0.316 e. The number of carbonyl (C=O) groups excluding carboxylic acids is 1. The highest BCUT2D eigenvalue weighted by atomic mass is 32.1. The number of aryl methyl sites for hydroxylation is 1. The van der Waals surface area contributed by atoms with Crippen LogP contribution < -0.4 is 5.32 Å². The van der Waals surface area contributed by atoms with E-state index in [4.69, 9.17) is 0 Å². The maximum Gasteiger partial charge on any atom is 0.221 e. The Morgan fingerprint density at radius 3 is 2.50 bits per heavy atom. The van der Waals surface area contributed by atoms with Crippen LogP contribution in [-0.2, 0) is 4.79 Å². The molecule has 3 nitrogen and oxygen atoms in total. The van der Waals surface area contributed by atoms with Crippen molar-refractivity contribution >= 4 is 22.2 Å². The Morgan fingerprint density at radius 2 is 2.17 bits per heavy atom. The summed E-state index contributed by atoms with van der Waals surface area (Å²) in [4.78, 5) is 14.5. The lowest BCUT2D eigenvalue weighted by Crippen LogP contribution is -2.04. The molecule has 1 amide bonds. The molecule has 0 fully saturated rings. The lowest BCUT2D eigenvalue weighted by molar-refractivity contribution is -0.114. The number of rotatable bonds is 1. The molecule has 1 N–H and O–H groups in total. The van der Waals surface area contributed by atoms with Crippen molar-refractivity contribution in [3.8, 4) is 0 Å². The van der Waals surface area contributed by atoms with Crippen molar-refractivity contribution in [3.63, 3.8) is 0 Å². The Bertz CT molecular complexity index is 245. The zero-order chi connectivity index (χ0) is 9.56. The fourth-order valence-corrected chi connectivity index (χ4v) is 1.32. The summed E-state index contributed by atoms with van der Waals surface area (Å²) in [6.07, 6.45) is 0. The highest BCUT2D eigenvalue weighted by molar-refractivity contribution is 7.14. The van der Waals surface area contributed by atoms with Gasteiger partial charge in [-0.1, -0.05) is 13.8 Å². The molecule has 68 valence electrons. The van der Waals surface area contributed by atoms with Gasteiger partial charge in [-0.15, -0.1) is 11.3 Å². The number of hydrogen-bond donors (Lipinski definition) is 1. The van der Waals surface area contributed by atoms with Crippen molar-refractivity contribution in [1.29, 1.82) is 0 Å². The van der Waals surface area contributed by atoms with E-state index in [1.54, 1.807) is 5.51 Å². The molecule has 0 aliphatic rings. The number of nitrogens with zero attached hydrogens (tertiary/aromatic N) is 1. The molecule has 0 bridgehead atoms. The average molecular weight is 186 g/mol. The van der Waals surface area contributed by atoms with Crippen molar-refractivity contribution in [2.45, 2.75) is 27.7 Å². The number of hydrogen-bond acceptors (Lipinski definition) is 3. The third-order valence-electron chi connectivity index (χ3n) is 1.04. The maximum atomic E-state index is 10.5. The summed E-state index contributed by atoms with van der Waals surface area (Å²) in [5.41, 5.74) is 2.58. The van der Waals surface area contributed by atoms with Crippen LogP contribution in [0.15, 0.2) is 5.51 Å². The summed E-state index contributed by atoms with van der Waals surface area (Å²) < 4.78 is 0. The monoisotopic (exact) mass is 186 g/mol. The van der Waals surface area contributed by atoms with Crippen molar-refractivity contribution in [1.82, 2.24) is 4.98 Å².